The third kappa shape index (κ3) is 8.96. The highest BCUT2D eigenvalue weighted by Gasteiger charge is 2.10. The standard InChI is InChI=1S/C19H30N4O2S.HI/c1-4-20-19(22-16(2)10-13-26(3,24)25)21-15-17-8-7-9-18(14-17)23-11-5-6-12-23;/h5-9,14,16H,4,10-13,15H2,1-3H3,(H2,20,21,22);1H. The molecule has 6 nitrogen and oxygen atoms in total. The van der Waals surface area contributed by atoms with E-state index < -0.39 is 9.84 Å². The molecule has 1 aliphatic heterocycles. The number of hydrogen-bond donors (Lipinski definition) is 2. The Morgan fingerprint density at radius 3 is 2.63 bits per heavy atom. The van der Waals surface area contributed by atoms with Gasteiger partial charge in [-0.15, -0.1) is 24.0 Å². The monoisotopic (exact) mass is 506 g/mol. The van der Waals surface area contributed by atoms with Crippen LogP contribution in [0.3, 0.4) is 0 Å². The zero-order valence-corrected chi connectivity index (χ0v) is 19.5. The molecule has 2 N–H and O–H groups in total. The summed E-state index contributed by atoms with van der Waals surface area (Å²) in [7, 11) is -2.95. The van der Waals surface area contributed by atoms with Crippen LogP contribution < -0.4 is 15.5 Å². The number of rotatable bonds is 8. The summed E-state index contributed by atoms with van der Waals surface area (Å²) in [5.74, 6) is 0.883. The van der Waals surface area contributed by atoms with Gasteiger partial charge in [0, 0.05) is 37.6 Å². The Morgan fingerprint density at radius 2 is 2.00 bits per heavy atom. The third-order valence-electron chi connectivity index (χ3n) is 4.16. The highest BCUT2D eigenvalue weighted by atomic mass is 127. The molecule has 2 rings (SSSR count). The molecule has 1 unspecified atom stereocenters. The van der Waals surface area contributed by atoms with E-state index in [-0.39, 0.29) is 35.8 Å². The molecule has 0 aromatic heterocycles. The normalized spacial score (nSPS) is 15.4. The maximum Gasteiger partial charge on any atom is 0.191 e. The Labute approximate surface area is 180 Å². The van der Waals surface area contributed by atoms with Crippen LogP contribution >= 0.6 is 24.0 Å². The van der Waals surface area contributed by atoms with Crippen molar-refractivity contribution in [1.82, 2.24) is 10.6 Å². The fourth-order valence-electron chi connectivity index (χ4n) is 2.73. The van der Waals surface area contributed by atoms with Crippen LogP contribution in [0.5, 0.6) is 0 Å². The Kier molecular flexibility index (Phi) is 10.1. The lowest BCUT2D eigenvalue weighted by Crippen LogP contribution is -2.42. The molecule has 1 atom stereocenters. The first-order valence-electron chi connectivity index (χ1n) is 9.09. The molecule has 1 aliphatic rings. The number of nitrogens with one attached hydrogen (secondary N) is 2. The molecule has 0 bridgehead atoms. The van der Waals surface area contributed by atoms with Crippen LogP contribution in [0.2, 0.25) is 0 Å². The molecule has 0 fully saturated rings. The summed E-state index contributed by atoms with van der Waals surface area (Å²) in [5.41, 5.74) is 2.36. The van der Waals surface area contributed by atoms with E-state index >= 15 is 0 Å². The SMILES string of the molecule is CCNC(=NCc1cccc(N2CC=CC2)c1)NC(C)CCS(C)(=O)=O.I. The lowest BCUT2D eigenvalue weighted by molar-refractivity contribution is 0.581. The molecule has 1 heterocycles. The highest BCUT2D eigenvalue weighted by molar-refractivity contribution is 14.0. The van der Waals surface area contributed by atoms with Crippen LogP contribution in [0.25, 0.3) is 0 Å². The average Bonchev–Trinajstić information content (AvgIpc) is 3.12. The van der Waals surface area contributed by atoms with Gasteiger partial charge in [-0.1, -0.05) is 24.3 Å². The summed E-state index contributed by atoms with van der Waals surface area (Å²) in [6.45, 7) is 7.22. The lowest BCUT2D eigenvalue weighted by Gasteiger charge is -2.19. The van der Waals surface area contributed by atoms with Gasteiger partial charge in [0.2, 0.25) is 0 Å². The molecule has 1 aromatic carbocycles. The molecule has 152 valence electrons. The summed E-state index contributed by atoms with van der Waals surface area (Å²) < 4.78 is 22.6. The van der Waals surface area contributed by atoms with Gasteiger partial charge in [-0.2, -0.15) is 0 Å². The maximum absolute atomic E-state index is 11.3. The number of aliphatic imine (C=N–C) groups is 1. The number of benzene rings is 1. The second-order valence-electron chi connectivity index (χ2n) is 6.71. The summed E-state index contributed by atoms with van der Waals surface area (Å²) >= 11 is 0. The van der Waals surface area contributed by atoms with Crippen LogP contribution in [0.4, 0.5) is 5.69 Å². The Morgan fingerprint density at radius 1 is 1.30 bits per heavy atom. The van der Waals surface area contributed by atoms with E-state index in [2.05, 4.69) is 56.9 Å². The topological polar surface area (TPSA) is 73.8 Å². The van der Waals surface area contributed by atoms with Crippen LogP contribution in [0.1, 0.15) is 25.8 Å². The van der Waals surface area contributed by atoms with Gasteiger partial charge in [0.1, 0.15) is 9.84 Å². The number of nitrogens with zero attached hydrogens (tertiary/aromatic N) is 2. The second kappa shape index (κ2) is 11.5. The van der Waals surface area contributed by atoms with Gasteiger partial charge in [0.15, 0.2) is 5.96 Å². The Bertz CT molecular complexity index is 742. The first-order valence-corrected chi connectivity index (χ1v) is 11.1. The second-order valence-corrected chi connectivity index (χ2v) is 8.97. The van der Waals surface area contributed by atoms with Crippen molar-refractivity contribution in [2.75, 3.05) is 36.5 Å². The molecule has 0 aliphatic carbocycles. The quantitative estimate of drug-likeness (QED) is 0.246. The molecule has 0 amide bonds. The van der Waals surface area contributed by atoms with Crippen LogP contribution in [-0.4, -0.2) is 52.1 Å². The number of guanidine groups is 1. The van der Waals surface area contributed by atoms with Crippen LogP contribution in [-0.2, 0) is 16.4 Å². The first kappa shape index (κ1) is 23.7. The highest BCUT2D eigenvalue weighted by Crippen LogP contribution is 2.18. The van der Waals surface area contributed by atoms with Crippen molar-refractivity contribution in [2.45, 2.75) is 32.9 Å². The molecule has 0 saturated heterocycles. The fourth-order valence-corrected chi connectivity index (χ4v) is 3.51. The van der Waals surface area contributed by atoms with Crippen molar-refractivity contribution in [3.63, 3.8) is 0 Å². The maximum atomic E-state index is 11.3. The largest absolute Gasteiger partial charge is 0.364 e. The van der Waals surface area contributed by atoms with Crippen molar-refractivity contribution in [3.05, 3.63) is 42.0 Å². The van der Waals surface area contributed by atoms with Crippen molar-refractivity contribution in [1.29, 1.82) is 0 Å². The summed E-state index contributed by atoms with van der Waals surface area (Å²) in [4.78, 5) is 6.96. The fraction of sp³-hybridized carbons (Fsp3) is 0.526. The van der Waals surface area contributed by atoms with Gasteiger partial charge >= 0.3 is 0 Å². The number of sulfone groups is 1. The average molecular weight is 506 g/mol. The molecule has 0 spiro atoms. The van der Waals surface area contributed by atoms with Crippen LogP contribution in [0.15, 0.2) is 41.4 Å². The molecule has 1 aromatic rings. The van der Waals surface area contributed by atoms with Crippen molar-refractivity contribution >= 4 is 45.5 Å². The van der Waals surface area contributed by atoms with Crippen molar-refractivity contribution < 1.29 is 8.42 Å². The van der Waals surface area contributed by atoms with E-state index in [4.69, 9.17) is 0 Å². The Balaban J connectivity index is 0.00000364. The predicted octanol–water partition coefficient (Wildman–Crippen LogP) is 2.56. The van der Waals surface area contributed by atoms with E-state index in [0.29, 0.717) is 18.9 Å². The minimum atomic E-state index is -2.95. The molecule has 8 heteroatoms. The van der Waals surface area contributed by atoms with E-state index in [1.54, 1.807) is 0 Å². The first-order chi connectivity index (χ1) is 12.4. The van der Waals surface area contributed by atoms with E-state index in [1.807, 2.05) is 13.8 Å². The smallest absolute Gasteiger partial charge is 0.191 e. The summed E-state index contributed by atoms with van der Waals surface area (Å²) in [6.07, 6.45) is 6.18. The Hall–Kier alpha value is -1.29. The zero-order valence-electron chi connectivity index (χ0n) is 16.3. The number of anilines is 1. The lowest BCUT2D eigenvalue weighted by atomic mass is 10.2. The summed E-state index contributed by atoms with van der Waals surface area (Å²) in [5, 5.41) is 6.50. The predicted molar refractivity (Wildman–Crippen MR) is 125 cm³/mol. The van der Waals surface area contributed by atoms with Gasteiger partial charge in [0.05, 0.1) is 12.3 Å². The van der Waals surface area contributed by atoms with Gasteiger partial charge in [-0.05, 0) is 38.0 Å². The molecule has 0 saturated carbocycles. The minimum Gasteiger partial charge on any atom is -0.364 e. The van der Waals surface area contributed by atoms with Crippen molar-refractivity contribution in [3.8, 4) is 0 Å². The zero-order chi connectivity index (χ0) is 19.0. The number of hydrogen-bond acceptors (Lipinski definition) is 4. The van der Waals surface area contributed by atoms with E-state index in [1.165, 1.54) is 11.9 Å². The minimum absolute atomic E-state index is 0. The molecular formula is C19H31IN4O2S. The van der Waals surface area contributed by atoms with Gasteiger partial charge in [0.25, 0.3) is 0 Å². The van der Waals surface area contributed by atoms with Crippen molar-refractivity contribution in [2.24, 2.45) is 4.99 Å². The molecule has 27 heavy (non-hydrogen) atoms. The van der Waals surface area contributed by atoms with Gasteiger partial charge in [-0.25, -0.2) is 13.4 Å². The summed E-state index contributed by atoms with van der Waals surface area (Å²) in [6, 6.07) is 8.47. The molecular weight excluding hydrogens is 475 g/mol. The van der Waals surface area contributed by atoms with E-state index in [9.17, 15) is 8.42 Å². The van der Waals surface area contributed by atoms with E-state index in [0.717, 1.165) is 25.2 Å². The van der Waals surface area contributed by atoms with Gasteiger partial charge in [-0.3, -0.25) is 0 Å². The molecule has 0 radical (unpaired) electrons. The van der Waals surface area contributed by atoms with Crippen LogP contribution in [0, 0.1) is 0 Å². The number of halogens is 1. The third-order valence-corrected chi connectivity index (χ3v) is 5.14. The van der Waals surface area contributed by atoms with Gasteiger partial charge < -0.3 is 15.5 Å².